The molecule has 12 heteroatoms. The Labute approximate surface area is 160 Å². The van der Waals surface area contributed by atoms with Crippen molar-refractivity contribution >= 4 is 35.8 Å². The molecule has 0 saturated heterocycles. The van der Waals surface area contributed by atoms with Crippen LogP contribution in [0.1, 0.15) is 64.2 Å². The lowest BCUT2D eigenvalue weighted by molar-refractivity contribution is -0.143. The summed E-state index contributed by atoms with van der Waals surface area (Å²) < 4.78 is 0. The maximum absolute atomic E-state index is 9.90. The monoisotopic (exact) mass is 410 g/mol. The molecule has 0 rings (SSSR count). The fraction of sp³-hybridized carbons (Fsp3) is 0.625. The number of aliphatic carboxylic acids is 6. The van der Waals surface area contributed by atoms with E-state index in [0.29, 0.717) is 25.7 Å². The second-order valence-corrected chi connectivity index (χ2v) is 5.28. The molecule has 0 saturated carbocycles. The van der Waals surface area contributed by atoms with Crippen LogP contribution in [0, 0.1) is 0 Å². The quantitative estimate of drug-likeness (QED) is 0.237. The van der Waals surface area contributed by atoms with Crippen molar-refractivity contribution in [3.05, 3.63) is 0 Å². The Hall–Kier alpha value is -3.18. The smallest absolute Gasteiger partial charge is 0.303 e. The summed E-state index contributed by atoms with van der Waals surface area (Å²) in [6.45, 7) is 0. The Kier molecular flexibility index (Phi) is 21.3. The summed E-state index contributed by atoms with van der Waals surface area (Å²) in [5.41, 5.74) is 0. The van der Waals surface area contributed by atoms with E-state index in [4.69, 9.17) is 30.6 Å². The van der Waals surface area contributed by atoms with Crippen LogP contribution in [-0.4, -0.2) is 66.5 Å². The third-order valence-electron chi connectivity index (χ3n) is 2.62. The van der Waals surface area contributed by atoms with Crippen LogP contribution in [0.3, 0.4) is 0 Å². The van der Waals surface area contributed by atoms with Gasteiger partial charge in [-0.3, -0.25) is 28.8 Å². The second kappa shape index (κ2) is 20.1. The lowest BCUT2D eigenvalue weighted by Crippen LogP contribution is -2.00. The highest BCUT2D eigenvalue weighted by Crippen LogP contribution is 1.99. The van der Waals surface area contributed by atoms with E-state index in [1.165, 1.54) is 0 Å². The Morgan fingerprint density at radius 2 is 0.464 bits per heavy atom. The summed E-state index contributed by atoms with van der Waals surface area (Å²) in [6.07, 6.45) is 1.44. The molecule has 12 nitrogen and oxygen atoms in total. The van der Waals surface area contributed by atoms with Crippen molar-refractivity contribution in [3.63, 3.8) is 0 Å². The minimum Gasteiger partial charge on any atom is -0.481 e. The van der Waals surface area contributed by atoms with Crippen LogP contribution in [0.15, 0.2) is 0 Å². The maximum Gasteiger partial charge on any atom is 0.303 e. The Balaban J connectivity index is -0.000000337. The fourth-order valence-corrected chi connectivity index (χ4v) is 1.32. The van der Waals surface area contributed by atoms with E-state index in [9.17, 15) is 28.8 Å². The molecule has 0 unspecified atom stereocenters. The van der Waals surface area contributed by atoms with Crippen molar-refractivity contribution in [1.82, 2.24) is 0 Å². The second-order valence-electron chi connectivity index (χ2n) is 5.28. The van der Waals surface area contributed by atoms with Gasteiger partial charge in [-0.2, -0.15) is 0 Å². The number of carboxylic acids is 6. The molecule has 0 aromatic carbocycles. The minimum absolute atomic E-state index is 0.0628. The van der Waals surface area contributed by atoms with E-state index in [1.54, 1.807) is 0 Å². The molecular weight excluding hydrogens is 384 g/mol. The van der Waals surface area contributed by atoms with Crippen molar-refractivity contribution in [1.29, 1.82) is 0 Å². The van der Waals surface area contributed by atoms with E-state index < -0.39 is 35.8 Å². The molecule has 0 heterocycles. The number of hydrogen-bond acceptors (Lipinski definition) is 6. The molecule has 0 aliphatic carbocycles. The summed E-state index contributed by atoms with van der Waals surface area (Å²) in [4.78, 5) is 58.9. The van der Waals surface area contributed by atoms with Gasteiger partial charge in [-0.1, -0.05) is 0 Å². The van der Waals surface area contributed by atoms with Gasteiger partial charge in [0.1, 0.15) is 0 Å². The Morgan fingerprint density at radius 3 is 0.571 bits per heavy atom. The lowest BCUT2D eigenvalue weighted by Gasteiger charge is -1.92. The first kappa shape index (κ1) is 29.6. The number of carbonyl (C=O) groups is 6. The van der Waals surface area contributed by atoms with Gasteiger partial charge >= 0.3 is 35.8 Å². The van der Waals surface area contributed by atoms with E-state index in [-0.39, 0.29) is 38.5 Å². The Bertz CT molecular complexity index is 434. The molecule has 28 heavy (non-hydrogen) atoms. The van der Waals surface area contributed by atoms with Crippen LogP contribution in [-0.2, 0) is 28.8 Å². The van der Waals surface area contributed by atoms with Gasteiger partial charge in [0, 0.05) is 25.7 Å². The highest BCUT2D eigenvalue weighted by atomic mass is 16.4. The third kappa shape index (κ3) is 43.4. The highest BCUT2D eigenvalue weighted by molar-refractivity contribution is 5.75. The summed E-state index contributed by atoms with van der Waals surface area (Å²) >= 11 is 0. The van der Waals surface area contributed by atoms with Gasteiger partial charge < -0.3 is 30.6 Å². The fourth-order valence-electron chi connectivity index (χ4n) is 1.32. The van der Waals surface area contributed by atoms with Crippen molar-refractivity contribution in [2.45, 2.75) is 64.2 Å². The molecular formula is C16H26O12. The van der Waals surface area contributed by atoms with Crippen LogP contribution < -0.4 is 0 Å². The minimum atomic E-state index is -1.08. The van der Waals surface area contributed by atoms with Crippen LogP contribution in [0.25, 0.3) is 0 Å². The maximum atomic E-state index is 9.90. The molecule has 0 radical (unpaired) electrons. The van der Waals surface area contributed by atoms with Crippen LogP contribution in [0.2, 0.25) is 0 Å². The molecule has 0 aromatic heterocycles. The molecule has 0 aromatic rings. The Morgan fingerprint density at radius 1 is 0.321 bits per heavy atom. The zero-order chi connectivity index (χ0) is 22.5. The molecule has 0 bridgehead atoms. The summed E-state index contributed by atoms with van der Waals surface area (Å²) in [7, 11) is 0. The highest BCUT2D eigenvalue weighted by Gasteiger charge is 2.01. The van der Waals surface area contributed by atoms with Crippen molar-refractivity contribution < 1.29 is 59.4 Å². The summed E-state index contributed by atoms with van der Waals surface area (Å²) in [5, 5.41) is 48.3. The predicted molar refractivity (Wildman–Crippen MR) is 92.0 cm³/mol. The molecule has 0 amide bonds. The average molecular weight is 410 g/mol. The van der Waals surface area contributed by atoms with Gasteiger partial charge in [-0.25, -0.2) is 0 Å². The average Bonchev–Trinajstić information content (AvgIpc) is 2.54. The van der Waals surface area contributed by atoms with Gasteiger partial charge in [0.05, 0.1) is 12.8 Å². The summed E-state index contributed by atoms with van der Waals surface area (Å²) in [5.74, 6) is -5.63. The number of rotatable bonds is 13. The lowest BCUT2D eigenvalue weighted by atomic mass is 10.2. The topological polar surface area (TPSA) is 224 Å². The molecule has 0 spiro atoms. The number of carboxylic acid groups (broad SMARTS) is 6. The zero-order valence-electron chi connectivity index (χ0n) is 15.2. The molecule has 0 fully saturated rings. The van der Waals surface area contributed by atoms with Gasteiger partial charge in [-0.15, -0.1) is 0 Å². The van der Waals surface area contributed by atoms with Crippen molar-refractivity contribution in [3.8, 4) is 0 Å². The SMILES string of the molecule is O=C(O)CCC(=O)O.O=C(O)CCCCC(=O)O.O=C(O)CCCCC(=O)O. The first-order chi connectivity index (χ1) is 12.9. The number of unbranched alkanes of at least 4 members (excludes halogenated alkanes) is 2. The molecule has 162 valence electrons. The van der Waals surface area contributed by atoms with Crippen molar-refractivity contribution in [2.75, 3.05) is 0 Å². The molecule has 0 aliphatic rings. The molecule has 0 aliphatic heterocycles. The first-order valence-corrected chi connectivity index (χ1v) is 8.19. The van der Waals surface area contributed by atoms with Gasteiger partial charge in [0.2, 0.25) is 0 Å². The van der Waals surface area contributed by atoms with Gasteiger partial charge in [-0.05, 0) is 25.7 Å². The largest absolute Gasteiger partial charge is 0.481 e. The normalized spacial score (nSPS) is 9.00. The first-order valence-electron chi connectivity index (χ1n) is 8.19. The van der Waals surface area contributed by atoms with Crippen molar-refractivity contribution in [2.24, 2.45) is 0 Å². The van der Waals surface area contributed by atoms with E-state index in [0.717, 1.165) is 0 Å². The molecule has 0 atom stereocenters. The zero-order valence-corrected chi connectivity index (χ0v) is 15.2. The van der Waals surface area contributed by atoms with Crippen LogP contribution in [0.5, 0.6) is 0 Å². The molecule has 6 N–H and O–H groups in total. The van der Waals surface area contributed by atoms with E-state index in [1.807, 2.05) is 0 Å². The standard InChI is InChI=1S/2C6H10O4.C4H6O4/c2*7-5(8)3-1-2-4-6(9)10;5-3(6)1-2-4(7)8/h2*1-4H2,(H,7,8)(H,9,10);1-2H2,(H,5,6)(H,7,8). The van der Waals surface area contributed by atoms with E-state index in [2.05, 4.69) is 0 Å². The third-order valence-corrected chi connectivity index (χ3v) is 2.62. The van der Waals surface area contributed by atoms with Gasteiger partial charge in [0.25, 0.3) is 0 Å². The van der Waals surface area contributed by atoms with Crippen LogP contribution in [0.4, 0.5) is 0 Å². The predicted octanol–water partition coefficient (Wildman–Crippen LogP) is 1.37. The van der Waals surface area contributed by atoms with E-state index >= 15 is 0 Å². The summed E-state index contributed by atoms with van der Waals surface area (Å²) in [6, 6.07) is 0. The van der Waals surface area contributed by atoms with Crippen LogP contribution >= 0.6 is 0 Å². The van der Waals surface area contributed by atoms with Gasteiger partial charge in [0.15, 0.2) is 0 Å². The number of hydrogen-bond donors (Lipinski definition) is 6.